The van der Waals surface area contributed by atoms with E-state index in [-0.39, 0.29) is 18.0 Å². The molecule has 0 radical (unpaired) electrons. The number of hydrogen-bond acceptors (Lipinski definition) is 4. The highest BCUT2D eigenvalue weighted by Crippen LogP contribution is 2.37. The molecule has 1 saturated heterocycles. The normalized spacial score (nSPS) is 14.3. The molecule has 0 bridgehead atoms. The first-order chi connectivity index (χ1) is 12.9. The minimum absolute atomic E-state index is 0.0190. The third-order valence-electron chi connectivity index (χ3n) is 4.77. The van der Waals surface area contributed by atoms with E-state index in [0.29, 0.717) is 10.2 Å². The van der Waals surface area contributed by atoms with Crippen molar-refractivity contribution in [1.29, 1.82) is 0 Å². The zero-order valence-corrected chi connectivity index (χ0v) is 18.7. The van der Waals surface area contributed by atoms with E-state index in [2.05, 4.69) is 36.8 Å². The van der Waals surface area contributed by atoms with Crippen LogP contribution in [0.2, 0.25) is 0 Å². The molecule has 4 rings (SSSR count). The van der Waals surface area contributed by atoms with E-state index >= 15 is 0 Å². The lowest BCUT2D eigenvalue weighted by molar-refractivity contribution is -0.130. The first-order valence-corrected chi connectivity index (χ1v) is 11.1. The van der Waals surface area contributed by atoms with Crippen LogP contribution in [-0.2, 0) is 11.3 Å². The second kappa shape index (κ2) is 7.48. The summed E-state index contributed by atoms with van der Waals surface area (Å²) in [6.45, 7) is 3.59. The van der Waals surface area contributed by atoms with Crippen LogP contribution < -0.4 is 5.56 Å². The second-order valence-corrected chi connectivity index (χ2v) is 9.67. The van der Waals surface area contributed by atoms with Crippen LogP contribution in [-0.4, -0.2) is 33.4 Å². The summed E-state index contributed by atoms with van der Waals surface area (Å²) in [7, 11) is 0. The lowest BCUT2D eigenvalue weighted by Crippen LogP contribution is -2.34. The van der Waals surface area contributed by atoms with E-state index < -0.39 is 0 Å². The third kappa shape index (κ3) is 3.62. The molecule has 1 aliphatic rings. The number of fused-ring (bicyclic) bond motifs is 1. The van der Waals surface area contributed by atoms with E-state index in [9.17, 15) is 9.59 Å². The van der Waals surface area contributed by atoms with Crippen molar-refractivity contribution in [2.45, 2.75) is 26.3 Å². The van der Waals surface area contributed by atoms with Crippen molar-refractivity contribution in [3.8, 4) is 11.1 Å². The maximum atomic E-state index is 13.2. The van der Waals surface area contributed by atoms with Crippen LogP contribution in [0.1, 0.15) is 17.7 Å². The second-order valence-electron chi connectivity index (χ2n) is 6.64. The van der Waals surface area contributed by atoms with E-state index in [4.69, 9.17) is 0 Å². The van der Waals surface area contributed by atoms with Crippen molar-refractivity contribution in [2.24, 2.45) is 0 Å². The number of likely N-dealkylation sites (tertiary alicyclic amines) is 1. The maximum absolute atomic E-state index is 13.2. The highest BCUT2D eigenvalue weighted by molar-refractivity contribution is 9.11. The number of carbonyl (C=O) groups excluding carboxylic acids is 1. The lowest BCUT2D eigenvalue weighted by atomic mass is 10.0. The van der Waals surface area contributed by atoms with Crippen molar-refractivity contribution < 1.29 is 4.79 Å². The molecule has 5 nitrogen and oxygen atoms in total. The van der Waals surface area contributed by atoms with Gasteiger partial charge in [0.05, 0.1) is 11.7 Å². The number of nitrogens with zero attached hydrogens (tertiary/aromatic N) is 3. The molecule has 1 aromatic carbocycles. The number of aromatic nitrogens is 2. The van der Waals surface area contributed by atoms with Gasteiger partial charge in [0.25, 0.3) is 5.56 Å². The number of thiophene rings is 1. The minimum Gasteiger partial charge on any atom is -0.341 e. The Bertz CT molecular complexity index is 1080. The van der Waals surface area contributed by atoms with Crippen molar-refractivity contribution in [1.82, 2.24) is 14.5 Å². The predicted octanol–water partition coefficient (Wildman–Crippen LogP) is 4.58. The molecule has 27 heavy (non-hydrogen) atoms. The average molecular weight is 511 g/mol. The minimum atomic E-state index is -0.164. The summed E-state index contributed by atoms with van der Waals surface area (Å²) in [6.07, 6.45) is 3.56. The van der Waals surface area contributed by atoms with Crippen LogP contribution >= 0.6 is 43.2 Å². The van der Waals surface area contributed by atoms with Gasteiger partial charge in [-0.1, -0.05) is 31.9 Å². The van der Waals surface area contributed by atoms with Gasteiger partial charge >= 0.3 is 0 Å². The summed E-state index contributed by atoms with van der Waals surface area (Å²) in [5.74, 6) is -0.0190. The maximum Gasteiger partial charge on any atom is 0.263 e. The van der Waals surface area contributed by atoms with Crippen molar-refractivity contribution in [3.63, 3.8) is 0 Å². The number of carbonyl (C=O) groups is 1. The van der Waals surface area contributed by atoms with Gasteiger partial charge in [-0.2, -0.15) is 0 Å². The Morgan fingerprint density at radius 2 is 1.85 bits per heavy atom. The topological polar surface area (TPSA) is 55.2 Å². The number of rotatable bonds is 3. The van der Waals surface area contributed by atoms with Gasteiger partial charge in [0.1, 0.15) is 11.4 Å². The van der Waals surface area contributed by atoms with Crippen LogP contribution in [0.3, 0.4) is 0 Å². The quantitative estimate of drug-likeness (QED) is 0.518. The average Bonchev–Trinajstić information content (AvgIpc) is 3.24. The molecule has 0 aliphatic carbocycles. The van der Waals surface area contributed by atoms with Gasteiger partial charge in [-0.25, -0.2) is 4.98 Å². The van der Waals surface area contributed by atoms with Crippen LogP contribution in [0.4, 0.5) is 0 Å². The standard InChI is InChI=1S/C19H17Br2N3O2S/c1-11-16(12-6-13(20)8-14(21)7-12)17-18(27-11)22-10-24(19(17)26)9-15(25)23-4-2-3-5-23/h6-8,10H,2-5,9H2,1H3. The zero-order chi connectivity index (χ0) is 19.1. The summed E-state index contributed by atoms with van der Waals surface area (Å²) in [4.78, 5) is 33.7. The molecule has 0 atom stereocenters. The molecule has 140 valence electrons. The van der Waals surface area contributed by atoms with Gasteiger partial charge in [-0.05, 0) is 43.5 Å². The van der Waals surface area contributed by atoms with Crippen LogP contribution in [0, 0.1) is 6.92 Å². The Kier molecular flexibility index (Phi) is 5.22. The molecule has 1 amide bonds. The summed E-state index contributed by atoms with van der Waals surface area (Å²) in [5.41, 5.74) is 1.67. The zero-order valence-electron chi connectivity index (χ0n) is 14.7. The van der Waals surface area contributed by atoms with Crippen LogP contribution in [0.15, 0.2) is 38.3 Å². The fourth-order valence-electron chi connectivity index (χ4n) is 3.51. The predicted molar refractivity (Wildman–Crippen MR) is 115 cm³/mol. The van der Waals surface area contributed by atoms with E-state index in [1.807, 2.05) is 30.0 Å². The van der Waals surface area contributed by atoms with Gasteiger partial charge < -0.3 is 4.90 Å². The lowest BCUT2D eigenvalue weighted by Gasteiger charge is -2.15. The SMILES string of the molecule is Cc1sc2ncn(CC(=O)N3CCCC3)c(=O)c2c1-c1cc(Br)cc(Br)c1. The summed E-state index contributed by atoms with van der Waals surface area (Å²) >= 11 is 8.53. The van der Waals surface area contributed by atoms with Crippen molar-refractivity contribution in [3.05, 3.63) is 48.7 Å². The van der Waals surface area contributed by atoms with Gasteiger partial charge in [-0.15, -0.1) is 11.3 Å². The first-order valence-electron chi connectivity index (χ1n) is 8.67. The molecule has 3 aromatic rings. The Morgan fingerprint density at radius 3 is 2.52 bits per heavy atom. The van der Waals surface area contributed by atoms with E-state index in [1.165, 1.54) is 22.2 Å². The van der Waals surface area contributed by atoms with Crippen molar-refractivity contribution in [2.75, 3.05) is 13.1 Å². The number of halogens is 2. The number of amides is 1. The molecule has 0 N–H and O–H groups in total. The Balaban J connectivity index is 1.82. The van der Waals surface area contributed by atoms with Crippen LogP contribution in [0.5, 0.6) is 0 Å². The molecule has 0 unspecified atom stereocenters. The largest absolute Gasteiger partial charge is 0.341 e. The van der Waals surface area contributed by atoms with Crippen LogP contribution in [0.25, 0.3) is 21.3 Å². The van der Waals surface area contributed by atoms with E-state index in [0.717, 1.165) is 50.9 Å². The molecule has 0 spiro atoms. The summed E-state index contributed by atoms with van der Waals surface area (Å²) in [6, 6.07) is 5.94. The Morgan fingerprint density at radius 1 is 1.19 bits per heavy atom. The molecule has 1 aliphatic heterocycles. The van der Waals surface area contributed by atoms with E-state index in [1.54, 1.807) is 0 Å². The summed E-state index contributed by atoms with van der Waals surface area (Å²) < 4.78 is 3.30. The molecule has 0 saturated carbocycles. The highest BCUT2D eigenvalue weighted by Gasteiger charge is 2.21. The number of benzene rings is 1. The Labute approximate surface area is 177 Å². The fraction of sp³-hybridized carbons (Fsp3) is 0.316. The van der Waals surface area contributed by atoms with Gasteiger partial charge in [-0.3, -0.25) is 14.2 Å². The summed E-state index contributed by atoms with van der Waals surface area (Å²) in [5, 5.41) is 0.583. The van der Waals surface area contributed by atoms with Crippen molar-refractivity contribution >= 4 is 59.3 Å². The number of aryl methyl sites for hydroxylation is 1. The molecule has 2 aromatic heterocycles. The van der Waals surface area contributed by atoms with Gasteiger partial charge in [0, 0.05) is 32.5 Å². The number of hydrogen-bond donors (Lipinski definition) is 0. The smallest absolute Gasteiger partial charge is 0.263 e. The molecule has 8 heteroatoms. The highest BCUT2D eigenvalue weighted by atomic mass is 79.9. The molecule has 1 fully saturated rings. The Hall–Kier alpha value is -1.51. The molecular weight excluding hydrogens is 494 g/mol. The molecular formula is C19H17Br2N3O2S. The van der Waals surface area contributed by atoms with Gasteiger partial charge in [0.2, 0.25) is 5.91 Å². The first kappa shape index (κ1) is 18.8. The monoisotopic (exact) mass is 509 g/mol. The fourth-order valence-corrected chi connectivity index (χ4v) is 5.81. The third-order valence-corrected chi connectivity index (χ3v) is 6.70. The van der Waals surface area contributed by atoms with Gasteiger partial charge in [0.15, 0.2) is 0 Å². The molecule has 3 heterocycles.